The summed E-state index contributed by atoms with van der Waals surface area (Å²) < 4.78 is 27.5. The van der Waals surface area contributed by atoms with Crippen molar-refractivity contribution in [1.29, 1.82) is 0 Å². The number of amides is 1. The van der Waals surface area contributed by atoms with Crippen LogP contribution in [0.2, 0.25) is 0 Å². The Bertz CT molecular complexity index is 1160. The number of rotatable bonds is 6. The van der Waals surface area contributed by atoms with Gasteiger partial charge < -0.3 is 5.32 Å². The number of hydrogen-bond acceptors (Lipinski definition) is 4. The Balaban J connectivity index is 1.89. The summed E-state index contributed by atoms with van der Waals surface area (Å²) in [4.78, 5) is 17.4. The molecule has 0 aliphatic carbocycles. The Morgan fingerprint density at radius 2 is 1.72 bits per heavy atom. The first-order valence-electron chi connectivity index (χ1n) is 9.24. The minimum atomic E-state index is -3.55. The zero-order chi connectivity index (χ0) is 21.2. The number of benzene rings is 2. The molecule has 0 bridgehead atoms. The molecule has 0 spiro atoms. The number of pyridine rings is 1. The molecule has 1 aromatic heterocycles. The number of carbonyl (C=O) groups is 1. The van der Waals surface area contributed by atoms with Gasteiger partial charge in [-0.2, -0.15) is 4.31 Å². The van der Waals surface area contributed by atoms with E-state index in [1.165, 1.54) is 28.6 Å². The standard InChI is InChI=1S/C21H22BrN3O3S/c1-4-25(5-2)29(27,28)17-9-6-15(7-10-17)21(26)24-20-12-14(3)23-19-11-8-16(22)13-18(19)20/h6-13H,4-5H2,1-3H3,(H,23,24,26). The van der Waals surface area contributed by atoms with E-state index >= 15 is 0 Å². The summed E-state index contributed by atoms with van der Waals surface area (Å²) in [5.74, 6) is -0.316. The first kappa shape index (κ1) is 21.4. The molecule has 3 aromatic rings. The highest BCUT2D eigenvalue weighted by Gasteiger charge is 2.21. The van der Waals surface area contributed by atoms with E-state index in [0.29, 0.717) is 24.3 Å². The Hall–Kier alpha value is -2.29. The van der Waals surface area contributed by atoms with Crippen molar-refractivity contribution < 1.29 is 13.2 Å². The first-order valence-corrected chi connectivity index (χ1v) is 11.5. The summed E-state index contributed by atoms with van der Waals surface area (Å²) in [7, 11) is -3.55. The fourth-order valence-corrected chi connectivity index (χ4v) is 4.94. The molecule has 8 heteroatoms. The van der Waals surface area contributed by atoms with Crippen molar-refractivity contribution in [3.63, 3.8) is 0 Å². The molecule has 2 aromatic carbocycles. The van der Waals surface area contributed by atoms with Gasteiger partial charge in [0.05, 0.1) is 16.1 Å². The summed E-state index contributed by atoms with van der Waals surface area (Å²) in [6.45, 7) is 6.24. The van der Waals surface area contributed by atoms with E-state index in [0.717, 1.165) is 21.1 Å². The topological polar surface area (TPSA) is 79.4 Å². The van der Waals surface area contributed by atoms with Gasteiger partial charge in [-0.15, -0.1) is 0 Å². The lowest BCUT2D eigenvalue weighted by atomic mass is 10.1. The number of nitrogens with one attached hydrogen (secondary N) is 1. The first-order chi connectivity index (χ1) is 13.8. The van der Waals surface area contributed by atoms with Gasteiger partial charge in [-0.25, -0.2) is 8.42 Å². The zero-order valence-electron chi connectivity index (χ0n) is 16.4. The maximum Gasteiger partial charge on any atom is 0.255 e. The number of anilines is 1. The Morgan fingerprint density at radius 1 is 1.07 bits per heavy atom. The molecule has 1 N–H and O–H groups in total. The molecule has 29 heavy (non-hydrogen) atoms. The SMILES string of the molecule is CCN(CC)S(=O)(=O)c1ccc(C(=O)Nc2cc(C)nc3ccc(Br)cc23)cc1. The number of nitrogens with zero attached hydrogens (tertiary/aromatic N) is 2. The summed E-state index contributed by atoms with van der Waals surface area (Å²) in [6, 6.07) is 13.5. The van der Waals surface area contributed by atoms with Crippen LogP contribution in [-0.4, -0.2) is 36.7 Å². The van der Waals surface area contributed by atoms with E-state index in [4.69, 9.17) is 0 Å². The quantitative estimate of drug-likeness (QED) is 0.565. The fraction of sp³-hybridized carbons (Fsp3) is 0.238. The van der Waals surface area contributed by atoms with Crippen LogP contribution >= 0.6 is 15.9 Å². The minimum absolute atomic E-state index is 0.173. The Morgan fingerprint density at radius 3 is 2.34 bits per heavy atom. The third kappa shape index (κ3) is 4.49. The summed E-state index contributed by atoms with van der Waals surface area (Å²) in [5.41, 5.74) is 2.60. The van der Waals surface area contributed by atoms with Gasteiger partial charge >= 0.3 is 0 Å². The molecule has 1 amide bonds. The van der Waals surface area contributed by atoms with Crippen LogP contribution in [0, 0.1) is 6.92 Å². The van der Waals surface area contributed by atoms with Gasteiger partial charge in [0.25, 0.3) is 5.91 Å². The number of carbonyl (C=O) groups excluding carboxylic acids is 1. The van der Waals surface area contributed by atoms with Gasteiger partial charge in [-0.05, 0) is 55.5 Å². The van der Waals surface area contributed by atoms with Gasteiger partial charge in [0.1, 0.15) is 0 Å². The van der Waals surface area contributed by atoms with Crippen LogP contribution in [0.1, 0.15) is 29.9 Å². The van der Waals surface area contributed by atoms with Crippen molar-refractivity contribution in [3.05, 3.63) is 64.3 Å². The van der Waals surface area contributed by atoms with Crippen molar-refractivity contribution in [3.8, 4) is 0 Å². The molecule has 0 radical (unpaired) electrons. The average Bonchev–Trinajstić information content (AvgIpc) is 2.69. The smallest absolute Gasteiger partial charge is 0.255 e. The highest BCUT2D eigenvalue weighted by molar-refractivity contribution is 9.10. The predicted molar refractivity (Wildman–Crippen MR) is 119 cm³/mol. The van der Waals surface area contributed by atoms with Crippen LogP contribution in [0.4, 0.5) is 5.69 Å². The molecule has 3 rings (SSSR count). The summed E-state index contributed by atoms with van der Waals surface area (Å²) in [5, 5.41) is 3.73. The minimum Gasteiger partial charge on any atom is -0.321 e. The van der Waals surface area contributed by atoms with Crippen LogP contribution in [0.25, 0.3) is 10.9 Å². The van der Waals surface area contributed by atoms with Gasteiger partial charge in [0.2, 0.25) is 10.0 Å². The molecule has 6 nitrogen and oxygen atoms in total. The van der Waals surface area contributed by atoms with E-state index in [9.17, 15) is 13.2 Å². The van der Waals surface area contributed by atoms with Crippen molar-refractivity contribution in [2.75, 3.05) is 18.4 Å². The molecule has 0 aliphatic rings. The molecule has 0 aliphatic heterocycles. The second kappa shape index (κ2) is 8.61. The maximum absolute atomic E-state index is 12.8. The van der Waals surface area contributed by atoms with E-state index in [-0.39, 0.29) is 10.8 Å². The van der Waals surface area contributed by atoms with E-state index in [1.807, 2.05) is 31.2 Å². The molecular weight excluding hydrogens is 454 g/mol. The van der Waals surface area contributed by atoms with Crippen molar-refractivity contribution in [1.82, 2.24) is 9.29 Å². The normalized spacial score (nSPS) is 11.8. The predicted octanol–water partition coefficient (Wildman–Crippen LogP) is 4.59. The third-order valence-electron chi connectivity index (χ3n) is 4.61. The van der Waals surface area contributed by atoms with Crippen LogP contribution in [0.3, 0.4) is 0 Å². The molecule has 1 heterocycles. The highest BCUT2D eigenvalue weighted by Crippen LogP contribution is 2.27. The second-order valence-corrected chi connectivity index (χ2v) is 9.39. The van der Waals surface area contributed by atoms with Crippen LogP contribution in [0.5, 0.6) is 0 Å². The van der Waals surface area contributed by atoms with Gasteiger partial charge in [-0.3, -0.25) is 9.78 Å². The lowest BCUT2D eigenvalue weighted by Gasteiger charge is -2.18. The number of hydrogen-bond donors (Lipinski definition) is 1. The summed E-state index contributed by atoms with van der Waals surface area (Å²) in [6.07, 6.45) is 0. The van der Waals surface area contributed by atoms with Gasteiger partial charge in [0.15, 0.2) is 0 Å². The van der Waals surface area contributed by atoms with E-state index < -0.39 is 10.0 Å². The monoisotopic (exact) mass is 475 g/mol. The van der Waals surface area contributed by atoms with Crippen LogP contribution in [0.15, 0.2) is 57.9 Å². The second-order valence-electron chi connectivity index (χ2n) is 6.54. The molecular formula is C21H22BrN3O3S. The number of halogens is 1. The molecule has 152 valence electrons. The van der Waals surface area contributed by atoms with E-state index in [1.54, 1.807) is 13.8 Å². The molecule has 0 saturated carbocycles. The van der Waals surface area contributed by atoms with Crippen molar-refractivity contribution in [2.45, 2.75) is 25.7 Å². The molecule has 0 unspecified atom stereocenters. The average molecular weight is 476 g/mol. The van der Waals surface area contributed by atoms with Crippen molar-refractivity contribution >= 4 is 48.5 Å². The summed E-state index contributed by atoms with van der Waals surface area (Å²) >= 11 is 3.44. The Kier molecular flexibility index (Phi) is 6.36. The number of fused-ring (bicyclic) bond motifs is 1. The van der Waals surface area contributed by atoms with Gasteiger partial charge in [-0.1, -0.05) is 29.8 Å². The third-order valence-corrected chi connectivity index (χ3v) is 7.16. The Labute approximate surface area is 179 Å². The van der Waals surface area contributed by atoms with Crippen molar-refractivity contribution in [2.24, 2.45) is 0 Å². The highest BCUT2D eigenvalue weighted by atomic mass is 79.9. The number of aromatic nitrogens is 1. The zero-order valence-corrected chi connectivity index (χ0v) is 18.8. The lowest BCUT2D eigenvalue weighted by molar-refractivity contribution is 0.102. The lowest BCUT2D eigenvalue weighted by Crippen LogP contribution is -2.30. The maximum atomic E-state index is 12.8. The molecule has 0 fully saturated rings. The molecule has 0 saturated heterocycles. The van der Waals surface area contributed by atoms with Crippen LogP contribution in [-0.2, 0) is 10.0 Å². The van der Waals surface area contributed by atoms with E-state index in [2.05, 4.69) is 26.2 Å². The number of sulfonamides is 1. The molecule has 0 atom stereocenters. The van der Waals surface area contributed by atoms with Gasteiger partial charge in [0, 0.05) is 34.2 Å². The van der Waals surface area contributed by atoms with Crippen LogP contribution < -0.4 is 5.32 Å². The largest absolute Gasteiger partial charge is 0.321 e. The fourth-order valence-electron chi connectivity index (χ4n) is 3.12. The number of aryl methyl sites for hydroxylation is 1.